The Labute approximate surface area is 113 Å². The molecule has 2 aromatic rings. The van der Waals surface area contributed by atoms with Gasteiger partial charge in [-0.3, -0.25) is 0 Å². The normalized spacial score (nSPS) is 14.3. The number of fused-ring (bicyclic) bond motifs is 1. The lowest BCUT2D eigenvalue weighted by molar-refractivity contribution is 0.281. The Kier molecular flexibility index (Phi) is 3.22. The zero-order chi connectivity index (χ0) is 13.2. The summed E-state index contributed by atoms with van der Waals surface area (Å²) in [6.07, 6.45) is 4.06. The Hall–Kier alpha value is -1.87. The van der Waals surface area contributed by atoms with Crippen LogP contribution in [-0.4, -0.2) is 16.6 Å². The van der Waals surface area contributed by atoms with Gasteiger partial charge in [-0.05, 0) is 48.6 Å². The van der Waals surface area contributed by atoms with Crippen molar-refractivity contribution in [3.05, 3.63) is 53.2 Å². The summed E-state index contributed by atoms with van der Waals surface area (Å²) in [6.45, 7) is 3.10. The van der Waals surface area contributed by atoms with E-state index in [4.69, 9.17) is 5.11 Å². The number of para-hydroxylation sites is 1. The quantitative estimate of drug-likeness (QED) is 0.895. The summed E-state index contributed by atoms with van der Waals surface area (Å²) in [6, 6.07) is 10.5. The van der Waals surface area contributed by atoms with E-state index in [0.717, 1.165) is 36.3 Å². The molecule has 0 unspecified atom stereocenters. The van der Waals surface area contributed by atoms with E-state index in [1.165, 1.54) is 11.3 Å². The number of hydrogen-bond donors (Lipinski definition) is 1. The summed E-state index contributed by atoms with van der Waals surface area (Å²) in [5.41, 5.74) is 4.64. The molecule has 1 aliphatic heterocycles. The number of aliphatic hydroxyl groups excluding tert-OH is 1. The molecule has 0 radical (unpaired) electrons. The molecule has 3 nitrogen and oxygen atoms in total. The van der Waals surface area contributed by atoms with Crippen LogP contribution in [0.3, 0.4) is 0 Å². The van der Waals surface area contributed by atoms with E-state index in [9.17, 15) is 0 Å². The Morgan fingerprint density at radius 3 is 2.95 bits per heavy atom. The number of aryl methyl sites for hydroxylation is 2. The van der Waals surface area contributed by atoms with Gasteiger partial charge in [-0.1, -0.05) is 18.2 Å². The lowest BCUT2D eigenvalue weighted by Gasteiger charge is -2.31. The summed E-state index contributed by atoms with van der Waals surface area (Å²) >= 11 is 0. The van der Waals surface area contributed by atoms with Crippen LogP contribution < -0.4 is 4.90 Å². The maximum Gasteiger partial charge on any atom is 0.135 e. The number of benzene rings is 1. The first kappa shape index (κ1) is 12.2. The van der Waals surface area contributed by atoms with Crippen molar-refractivity contribution in [1.29, 1.82) is 0 Å². The average molecular weight is 254 g/mol. The Bertz CT molecular complexity index is 595. The molecule has 0 saturated heterocycles. The van der Waals surface area contributed by atoms with E-state index in [1.807, 2.05) is 6.07 Å². The largest absolute Gasteiger partial charge is 0.392 e. The van der Waals surface area contributed by atoms with Crippen molar-refractivity contribution < 1.29 is 5.11 Å². The van der Waals surface area contributed by atoms with Crippen LogP contribution in [0.4, 0.5) is 11.5 Å². The second kappa shape index (κ2) is 5.02. The van der Waals surface area contributed by atoms with Crippen LogP contribution in [0.5, 0.6) is 0 Å². The van der Waals surface area contributed by atoms with Gasteiger partial charge in [0.15, 0.2) is 0 Å². The van der Waals surface area contributed by atoms with Gasteiger partial charge in [-0.2, -0.15) is 0 Å². The third-order valence-corrected chi connectivity index (χ3v) is 3.66. The molecule has 0 aliphatic carbocycles. The van der Waals surface area contributed by atoms with E-state index in [2.05, 4.69) is 41.1 Å². The number of anilines is 2. The molecule has 1 aromatic carbocycles. The molecule has 0 fully saturated rings. The standard InChI is InChI=1S/C16H18N2O/c1-12-9-13(11-19)10-17-16(12)18-8-4-6-14-5-2-3-7-15(14)18/h2-3,5,7,9-10,19H,4,6,8,11H2,1H3. The predicted molar refractivity (Wildman–Crippen MR) is 76.7 cm³/mol. The van der Waals surface area contributed by atoms with Crippen molar-refractivity contribution in [2.75, 3.05) is 11.4 Å². The van der Waals surface area contributed by atoms with E-state index in [0.29, 0.717) is 0 Å². The van der Waals surface area contributed by atoms with Crippen molar-refractivity contribution in [2.45, 2.75) is 26.4 Å². The highest BCUT2D eigenvalue weighted by molar-refractivity contribution is 5.67. The summed E-state index contributed by atoms with van der Waals surface area (Å²) in [5, 5.41) is 9.17. The first-order chi connectivity index (χ1) is 9.29. The molecule has 0 amide bonds. The lowest BCUT2D eigenvalue weighted by Crippen LogP contribution is -2.26. The van der Waals surface area contributed by atoms with Crippen molar-refractivity contribution >= 4 is 11.5 Å². The second-order valence-corrected chi connectivity index (χ2v) is 5.03. The minimum atomic E-state index is 0.0463. The molecule has 1 aromatic heterocycles. The Morgan fingerprint density at radius 1 is 1.32 bits per heavy atom. The van der Waals surface area contributed by atoms with E-state index >= 15 is 0 Å². The van der Waals surface area contributed by atoms with Crippen molar-refractivity contribution in [2.24, 2.45) is 0 Å². The molecule has 1 aliphatic rings. The number of aromatic nitrogens is 1. The van der Waals surface area contributed by atoms with Gasteiger partial charge in [0, 0.05) is 18.4 Å². The first-order valence-corrected chi connectivity index (χ1v) is 6.71. The monoisotopic (exact) mass is 254 g/mol. The Morgan fingerprint density at radius 2 is 2.16 bits per heavy atom. The fourth-order valence-electron chi connectivity index (χ4n) is 2.75. The summed E-state index contributed by atoms with van der Waals surface area (Å²) < 4.78 is 0. The van der Waals surface area contributed by atoms with Gasteiger partial charge < -0.3 is 10.0 Å². The molecule has 2 heterocycles. The molecule has 0 atom stereocenters. The van der Waals surface area contributed by atoms with E-state index in [1.54, 1.807) is 6.20 Å². The number of nitrogens with zero attached hydrogens (tertiary/aromatic N) is 2. The fourth-order valence-corrected chi connectivity index (χ4v) is 2.75. The van der Waals surface area contributed by atoms with Crippen LogP contribution in [0.15, 0.2) is 36.5 Å². The molecule has 3 rings (SSSR count). The maximum atomic E-state index is 9.17. The smallest absolute Gasteiger partial charge is 0.135 e. The van der Waals surface area contributed by atoms with Crippen LogP contribution >= 0.6 is 0 Å². The number of aliphatic hydroxyl groups is 1. The lowest BCUT2D eigenvalue weighted by atomic mass is 10.0. The molecule has 0 bridgehead atoms. The van der Waals surface area contributed by atoms with E-state index in [-0.39, 0.29) is 6.61 Å². The van der Waals surface area contributed by atoms with Crippen LogP contribution in [-0.2, 0) is 13.0 Å². The van der Waals surface area contributed by atoms with Crippen LogP contribution in [0.1, 0.15) is 23.1 Å². The average Bonchev–Trinajstić information content (AvgIpc) is 2.46. The molecule has 98 valence electrons. The van der Waals surface area contributed by atoms with Crippen molar-refractivity contribution in [3.63, 3.8) is 0 Å². The van der Waals surface area contributed by atoms with E-state index < -0.39 is 0 Å². The molecule has 0 spiro atoms. The van der Waals surface area contributed by atoms with Gasteiger partial charge >= 0.3 is 0 Å². The third kappa shape index (κ3) is 2.22. The van der Waals surface area contributed by atoms with Gasteiger partial charge in [-0.25, -0.2) is 4.98 Å². The number of hydrogen-bond acceptors (Lipinski definition) is 3. The zero-order valence-electron chi connectivity index (χ0n) is 11.1. The number of pyridine rings is 1. The van der Waals surface area contributed by atoms with Crippen molar-refractivity contribution in [1.82, 2.24) is 4.98 Å². The zero-order valence-corrected chi connectivity index (χ0v) is 11.1. The first-order valence-electron chi connectivity index (χ1n) is 6.71. The van der Waals surface area contributed by atoms with Crippen molar-refractivity contribution in [3.8, 4) is 0 Å². The molecular weight excluding hydrogens is 236 g/mol. The third-order valence-electron chi connectivity index (χ3n) is 3.66. The minimum Gasteiger partial charge on any atom is -0.392 e. The highest BCUT2D eigenvalue weighted by Gasteiger charge is 2.19. The molecule has 3 heteroatoms. The highest BCUT2D eigenvalue weighted by atomic mass is 16.3. The van der Waals surface area contributed by atoms with Gasteiger partial charge in [0.1, 0.15) is 5.82 Å². The van der Waals surface area contributed by atoms with Gasteiger partial charge in [0.25, 0.3) is 0 Å². The van der Waals surface area contributed by atoms with Gasteiger partial charge in [0.05, 0.1) is 6.61 Å². The summed E-state index contributed by atoms with van der Waals surface area (Å²) in [5.74, 6) is 1.00. The second-order valence-electron chi connectivity index (χ2n) is 5.03. The summed E-state index contributed by atoms with van der Waals surface area (Å²) in [7, 11) is 0. The van der Waals surface area contributed by atoms with Gasteiger partial charge in [0.2, 0.25) is 0 Å². The molecule has 19 heavy (non-hydrogen) atoms. The van der Waals surface area contributed by atoms with Crippen LogP contribution in [0.2, 0.25) is 0 Å². The highest BCUT2D eigenvalue weighted by Crippen LogP contribution is 2.33. The molecule has 1 N–H and O–H groups in total. The maximum absolute atomic E-state index is 9.17. The van der Waals surface area contributed by atoms with Crippen LogP contribution in [0, 0.1) is 6.92 Å². The Balaban J connectivity index is 2.04. The summed E-state index contributed by atoms with van der Waals surface area (Å²) in [4.78, 5) is 6.82. The predicted octanol–water partition coefficient (Wildman–Crippen LogP) is 2.97. The molecule has 0 saturated carbocycles. The van der Waals surface area contributed by atoms with Crippen LogP contribution in [0.25, 0.3) is 0 Å². The fraction of sp³-hybridized carbons (Fsp3) is 0.312. The number of rotatable bonds is 2. The minimum absolute atomic E-state index is 0.0463. The van der Waals surface area contributed by atoms with Gasteiger partial charge in [-0.15, -0.1) is 0 Å². The topological polar surface area (TPSA) is 36.4 Å². The SMILES string of the molecule is Cc1cc(CO)cnc1N1CCCc2ccccc21. The molecular formula is C16H18N2O.